The van der Waals surface area contributed by atoms with E-state index in [4.69, 9.17) is 4.74 Å². The number of hydrogen-bond donors (Lipinski definition) is 1. The minimum absolute atomic E-state index is 0.488. The molecule has 2 fully saturated rings. The molecule has 4 rings (SSSR count). The average Bonchev–Trinajstić information content (AvgIpc) is 2.76. The maximum Gasteiger partial charge on any atom is 0.293 e. The third-order valence-electron chi connectivity index (χ3n) is 6.68. The number of ether oxygens (including phenoxy) is 1. The minimum Gasteiger partial charge on any atom is -0.456 e. The smallest absolute Gasteiger partial charge is 0.293 e. The van der Waals surface area contributed by atoms with Crippen molar-refractivity contribution in [3.05, 3.63) is 42.5 Å². The Morgan fingerprint density at radius 2 is 1.90 bits per heavy atom. The van der Waals surface area contributed by atoms with Gasteiger partial charge in [-0.2, -0.15) is 0 Å². The SMILES string of the molecule is CC(C)CN(c1ccc(C2(OC=O)CCC2)cc1Nc1cncnc1)C1CCCCC1. The van der Waals surface area contributed by atoms with Crippen molar-refractivity contribution in [2.75, 3.05) is 16.8 Å². The fraction of sp³-hybridized carbons (Fsp3) is 0.560. The molecule has 6 nitrogen and oxygen atoms in total. The normalized spacial score (nSPS) is 18.3. The van der Waals surface area contributed by atoms with E-state index < -0.39 is 5.60 Å². The zero-order valence-electron chi connectivity index (χ0n) is 18.7. The highest BCUT2D eigenvalue weighted by Gasteiger charge is 2.41. The maximum absolute atomic E-state index is 11.2. The highest BCUT2D eigenvalue weighted by Crippen LogP contribution is 2.46. The molecule has 1 heterocycles. The second-order valence-corrected chi connectivity index (χ2v) is 9.38. The van der Waals surface area contributed by atoms with Crippen molar-refractivity contribution < 1.29 is 9.53 Å². The molecule has 0 unspecified atom stereocenters. The van der Waals surface area contributed by atoms with Crippen LogP contribution in [0.3, 0.4) is 0 Å². The van der Waals surface area contributed by atoms with Crippen LogP contribution in [0.1, 0.15) is 70.8 Å². The van der Waals surface area contributed by atoms with Crippen LogP contribution in [0.15, 0.2) is 36.9 Å². The molecular weight excluding hydrogens is 388 g/mol. The fourth-order valence-corrected chi connectivity index (χ4v) is 4.98. The Morgan fingerprint density at radius 3 is 2.52 bits per heavy atom. The van der Waals surface area contributed by atoms with Crippen LogP contribution in [-0.2, 0) is 15.1 Å². The van der Waals surface area contributed by atoms with E-state index >= 15 is 0 Å². The van der Waals surface area contributed by atoms with Crippen molar-refractivity contribution in [1.29, 1.82) is 0 Å². The largest absolute Gasteiger partial charge is 0.456 e. The van der Waals surface area contributed by atoms with Gasteiger partial charge in [0.05, 0.1) is 29.5 Å². The van der Waals surface area contributed by atoms with Crippen molar-refractivity contribution in [3.8, 4) is 0 Å². The molecule has 2 aliphatic carbocycles. The molecule has 2 saturated carbocycles. The van der Waals surface area contributed by atoms with E-state index in [0.29, 0.717) is 18.4 Å². The van der Waals surface area contributed by atoms with Crippen molar-refractivity contribution in [2.45, 2.75) is 76.9 Å². The second-order valence-electron chi connectivity index (χ2n) is 9.38. The molecule has 2 aromatic rings. The van der Waals surface area contributed by atoms with Gasteiger partial charge in [0, 0.05) is 12.6 Å². The van der Waals surface area contributed by atoms with Gasteiger partial charge < -0.3 is 15.0 Å². The van der Waals surface area contributed by atoms with Gasteiger partial charge in [-0.3, -0.25) is 4.79 Å². The Balaban J connectivity index is 1.74. The van der Waals surface area contributed by atoms with Crippen molar-refractivity contribution in [2.24, 2.45) is 5.92 Å². The highest BCUT2D eigenvalue weighted by atomic mass is 16.5. The molecule has 0 spiro atoms. The van der Waals surface area contributed by atoms with E-state index in [1.54, 1.807) is 12.4 Å². The van der Waals surface area contributed by atoms with Gasteiger partial charge in [-0.05, 0) is 55.7 Å². The molecule has 2 aliphatic rings. The van der Waals surface area contributed by atoms with Crippen LogP contribution < -0.4 is 10.2 Å². The summed E-state index contributed by atoms with van der Waals surface area (Å²) in [5.41, 5.74) is 3.65. The van der Waals surface area contributed by atoms with Gasteiger partial charge in [0.15, 0.2) is 0 Å². The summed E-state index contributed by atoms with van der Waals surface area (Å²) >= 11 is 0. The first-order valence-corrected chi connectivity index (χ1v) is 11.7. The Hall–Kier alpha value is -2.63. The molecule has 0 radical (unpaired) electrons. The van der Waals surface area contributed by atoms with E-state index in [2.05, 4.69) is 52.2 Å². The Kier molecular flexibility index (Phi) is 6.73. The lowest BCUT2D eigenvalue weighted by Gasteiger charge is -2.42. The van der Waals surface area contributed by atoms with E-state index in [-0.39, 0.29) is 0 Å². The van der Waals surface area contributed by atoms with Crippen LogP contribution in [0.4, 0.5) is 17.1 Å². The number of aromatic nitrogens is 2. The van der Waals surface area contributed by atoms with Crippen LogP contribution in [0, 0.1) is 5.92 Å². The van der Waals surface area contributed by atoms with E-state index in [0.717, 1.165) is 42.7 Å². The van der Waals surface area contributed by atoms with E-state index in [1.807, 2.05) is 0 Å². The fourth-order valence-electron chi connectivity index (χ4n) is 4.98. The molecule has 0 atom stereocenters. The van der Waals surface area contributed by atoms with Crippen LogP contribution in [-0.4, -0.2) is 29.0 Å². The lowest BCUT2D eigenvalue weighted by Crippen LogP contribution is -2.40. The quantitative estimate of drug-likeness (QED) is 0.533. The summed E-state index contributed by atoms with van der Waals surface area (Å²) in [7, 11) is 0. The van der Waals surface area contributed by atoms with Crippen LogP contribution >= 0.6 is 0 Å². The molecule has 31 heavy (non-hydrogen) atoms. The van der Waals surface area contributed by atoms with Crippen LogP contribution in [0.5, 0.6) is 0 Å². The molecule has 0 aliphatic heterocycles. The van der Waals surface area contributed by atoms with Crippen LogP contribution in [0.2, 0.25) is 0 Å². The summed E-state index contributed by atoms with van der Waals surface area (Å²) in [6.45, 7) is 6.17. The van der Waals surface area contributed by atoms with Crippen molar-refractivity contribution in [3.63, 3.8) is 0 Å². The predicted molar refractivity (Wildman–Crippen MR) is 123 cm³/mol. The number of carbonyl (C=O) groups excluding carboxylic acids is 1. The zero-order valence-corrected chi connectivity index (χ0v) is 18.7. The van der Waals surface area contributed by atoms with Gasteiger partial charge in [-0.15, -0.1) is 0 Å². The van der Waals surface area contributed by atoms with Crippen molar-refractivity contribution in [1.82, 2.24) is 9.97 Å². The second kappa shape index (κ2) is 9.67. The first kappa shape index (κ1) is 21.6. The average molecular weight is 423 g/mol. The van der Waals surface area contributed by atoms with Crippen molar-refractivity contribution >= 4 is 23.5 Å². The maximum atomic E-state index is 11.2. The first-order chi connectivity index (χ1) is 15.1. The number of anilines is 3. The summed E-state index contributed by atoms with van der Waals surface area (Å²) in [6, 6.07) is 7.09. The number of nitrogens with one attached hydrogen (secondary N) is 1. The lowest BCUT2D eigenvalue weighted by atomic mass is 9.74. The number of nitrogens with zero attached hydrogens (tertiary/aromatic N) is 3. The third kappa shape index (κ3) is 4.83. The molecule has 0 amide bonds. The number of benzene rings is 1. The monoisotopic (exact) mass is 422 g/mol. The molecule has 1 N–H and O–H groups in total. The standard InChI is InChI=1S/C25H34N4O2/c1-19(2)16-29(22-7-4-3-5-8-22)24-10-9-20(25(31-18-30)11-6-12-25)13-23(24)28-21-14-26-17-27-15-21/h9-10,13-15,17-19,22,28H,3-8,11-12,16H2,1-2H3. The van der Waals surface area contributed by atoms with Gasteiger partial charge >= 0.3 is 0 Å². The Morgan fingerprint density at radius 1 is 1.16 bits per heavy atom. The summed E-state index contributed by atoms with van der Waals surface area (Å²) in [5.74, 6) is 0.561. The summed E-state index contributed by atoms with van der Waals surface area (Å²) in [6.07, 6.45) is 14.3. The molecule has 6 heteroatoms. The predicted octanol–water partition coefficient (Wildman–Crippen LogP) is 5.57. The van der Waals surface area contributed by atoms with E-state index in [9.17, 15) is 4.79 Å². The molecule has 1 aromatic carbocycles. The molecular formula is C25H34N4O2. The van der Waals surface area contributed by atoms with Gasteiger partial charge in [0.25, 0.3) is 6.47 Å². The van der Waals surface area contributed by atoms with Gasteiger partial charge in [0.1, 0.15) is 11.9 Å². The molecule has 0 bridgehead atoms. The lowest BCUT2D eigenvalue weighted by molar-refractivity contribution is -0.155. The number of hydrogen-bond acceptors (Lipinski definition) is 6. The van der Waals surface area contributed by atoms with Crippen LogP contribution in [0.25, 0.3) is 0 Å². The third-order valence-corrected chi connectivity index (χ3v) is 6.68. The first-order valence-electron chi connectivity index (χ1n) is 11.7. The Bertz CT molecular complexity index is 861. The summed E-state index contributed by atoms with van der Waals surface area (Å²) in [4.78, 5) is 22.1. The van der Waals surface area contributed by atoms with E-state index in [1.165, 1.54) is 44.1 Å². The van der Waals surface area contributed by atoms with Gasteiger partial charge in [-0.1, -0.05) is 39.2 Å². The Labute approximate surface area is 185 Å². The van der Waals surface area contributed by atoms with Gasteiger partial charge in [-0.25, -0.2) is 9.97 Å². The highest BCUT2D eigenvalue weighted by molar-refractivity contribution is 5.76. The number of rotatable bonds is 9. The minimum atomic E-state index is -0.488. The summed E-state index contributed by atoms with van der Waals surface area (Å²) in [5, 5.41) is 3.56. The zero-order chi connectivity index (χ0) is 21.7. The molecule has 1 aromatic heterocycles. The topological polar surface area (TPSA) is 67.3 Å². The molecule has 0 saturated heterocycles. The summed E-state index contributed by atoms with van der Waals surface area (Å²) < 4.78 is 5.59. The van der Waals surface area contributed by atoms with Gasteiger partial charge in [0.2, 0.25) is 0 Å². The number of carbonyl (C=O) groups is 1. The molecule has 166 valence electrons.